The number of rotatable bonds is 1. The molecular formula is C10H12N4O2. The van der Waals surface area contributed by atoms with Gasteiger partial charge >= 0.3 is 0 Å². The second-order valence-electron chi connectivity index (χ2n) is 3.17. The van der Waals surface area contributed by atoms with Crippen LogP contribution in [0.5, 0.6) is 0 Å². The molecule has 0 bridgehead atoms. The van der Waals surface area contributed by atoms with Gasteiger partial charge in [-0.2, -0.15) is 0 Å². The van der Waals surface area contributed by atoms with Crippen molar-refractivity contribution in [2.45, 2.75) is 0 Å². The van der Waals surface area contributed by atoms with Gasteiger partial charge in [-0.05, 0) is 6.07 Å². The maximum Gasteiger partial charge on any atom is 0.159 e. The molecule has 16 heavy (non-hydrogen) atoms. The molecule has 0 unspecified atom stereocenters. The largest absolute Gasteiger partial charge is 0.244 e. The SMILES string of the molecule is CN(C)[N+](=O)[O-].c1ccc2ncncc2c1. The first-order chi connectivity index (χ1) is 7.61. The Hall–Kier alpha value is -2.24. The zero-order chi connectivity index (χ0) is 12.0. The van der Waals surface area contributed by atoms with Crippen LogP contribution in [0.2, 0.25) is 0 Å². The lowest BCUT2D eigenvalue weighted by molar-refractivity contribution is -0.642. The third kappa shape index (κ3) is 3.49. The first-order valence-corrected chi connectivity index (χ1v) is 4.57. The number of nitrogens with zero attached hydrogens (tertiary/aromatic N) is 4. The Bertz CT molecular complexity index is 408. The summed E-state index contributed by atoms with van der Waals surface area (Å²) in [6.45, 7) is 0. The zero-order valence-corrected chi connectivity index (χ0v) is 9.07. The highest BCUT2D eigenvalue weighted by Crippen LogP contribution is 2.06. The molecule has 1 heterocycles. The molecule has 0 amide bonds. The molecule has 0 N–H and O–H groups in total. The predicted molar refractivity (Wildman–Crippen MR) is 60.2 cm³/mol. The van der Waals surface area contributed by atoms with Crippen molar-refractivity contribution < 1.29 is 5.03 Å². The summed E-state index contributed by atoms with van der Waals surface area (Å²) >= 11 is 0. The van der Waals surface area contributed by atoms with Gasteiger partial charge in [0.1, 0.15) is 6.33 Å². The third-order valence-corrected chi connectivity index (χ3v) is 1.74. The van der Waals surface area contributed by atoms with Crippen LogP contribution in [-0.4, -0.2) is 34.1 Å². The molecular weight excluding hydrogens is 208 g/mol. The maximum atomic E-state index is 9.43. The Kier molecular flexibility index (Phi) is 4.14. The summed E-state index contributed by atoms with van der Waals surface area (Å²) in [5.41, 5.74) is 0.998. The van der Waals surface area contributed by atoms with Crippen molar-refractivity contribution >= 4 is 10.9 Å². The molecule has 0 saturated carbocycles. The van der Waals surface area contributed by atoms with Gasteiger partial charge in [0.2, 0.25) is 0 Å². The zero-order valence-electron chi connectivity index (χ0n) is 9.07. The Morgan fingerprint density at radius 1 is 1.31 bits per heavy atom. The smallest absolute Gasteiger partial charge is 0.159 e. The average molecular weight is 220 g/mol. The standard InChI is InChI=1S/C8H6N2.C2H6N2O2/c1-2-4-8-7(3-1)5-9-6-10-8;1-3(2)4(5)6/h1-6H;1-2H3. The molecule has 6 nitrogen and oxygen atoms in total. The van der Waals surface area contributed by atoms with E-state index in [1.54, 1.807) is 6.33 Å². The van der Waals surface area contributed by atoms with E-state index in [1.807, 2.05) is 30.5 Å². The molecule has 0 spiro atoms. The fourth-order valence-electron chi connectivity index (χ4n) is 0.923. The van der Waals surface area contributed by atoms with Crippen LogP contribution < -0.4 is 0 Å². The second-order valence-corrected chi connectivity index (χ2v) is 3.17. The van der Waals surface area contributed by atoms with Gasteiger partial charge in [-0.3, -0.25) is 0 Å². The van der Waals surface area contributed by atoms with Crippen LogP contribution in [0.1, 0.15) is 0 Å². The maximum absolute atomic E-state index is 9.43. The van der Waals surface area contributed by atoms with Crippen LogP contribution in [0.4, 0.5) is 0 Å². The summed E-state index contributed by atoms with van der Waals surface area (Å²) in [5.74, 6) is 0. The van der Waals surface area contributed by atoms with Crippen LogP contribution in [0, 0.1) is 10.1 Å². The van der Waals surface area contributed by atoms with Crippen LogP contribution >= 0.6 is 0 Å². The number of hydrogen-bond acceptors (Lipinski definition) is 4. The van der Waals surface area contributed by atoms with E-state index in [0.29, 0.717) is 0 Å². The Morgan fingerprint density at radius 2 is 1.94 bits per heavy atom. The van der Waals surface area contributed by atoms with Gasteiger partial charge in [0, 0.05) is 11.6 Å². The van der Waals surface area contributed by atoms with E-state index in [-0.39, 0.29) is 0 Å². The van der Waals surface area contributed by atoms with Crippen molar-refractivity contribution in [1.29, 1.82) is 0 Å². The van der Waals surface area contributed by atoms with E-state index in [2.05, 4.69) is 9.97 Å². The Balaban J connectivity index is 0.000000187. The molecule has 0 aliphatic carbocycles. The summed E-state index contributed by atoms with van der Waals surface area (Å²) in [7, 11) is 2.75. The van der Waals surface area contributed by atoms with Gasteiger partial charge in [0.15, 0.2) is 5.03 Å². The van der Waals surface area contributed by atoms with Crippen molar-refractivity contribution in [3.05, 3.63) is 46.9 Å². The van der Waals surface area contributed by atoms with E-state index in [1.165, 1.54) is 14.1 Å². The van der Waals surface area contributed by atoms with Gasteiger partial charge in [-0.15, -0.1) is 5.01 Å². The van der Waals surface area contributed by atoms with Gasteiger partial charge < -0.3 is 0 Å². The van der Waals surface area contributed by atoms with Crippen molar-refractivity contribution in [3.8, 4) is 0 Å². The van der Waals surface area contributed by atoms with Crippen LogP contribution in [-0.2, 0) is 0 Å². The van der Waals surface area contributed by atoms with Crippen LogP contribution in [0.3, 0.4) is 0 Å². The molecule has 84 valence electrons. The fourth-order valence-corrected chi connectivity index (χ4v) is 0.923. The number of para-hydroxylation sites is 1. The Morgan fingerprint density at radius 3 is 2.50 bits per heavy atom. The summed E-state index contributed by atoms with van der Waals surface area (Å²) in [6.07, 6.45) is 3.37. The Labute approximate surface area is 92.7 Å². The molecule has 0 saturated heterocycles. The lowest BCUT2D eigenvalue weighted by Crippen LogP contribution is -2.18. The molecule has 2 aromatic rings. The highest BCUT2D eigenvalue weighted by atomic mass is 16.7. The van der Waals surface area contributed by atoms with Crippen LogP contribution in [0.15, 0.2) is 36.8 Å². The number of nitro groups is 1. The lowest BCUT2D eigenvalue weighted by atomic mass is 10.2. The molecule has 0 fully saturated rings. The average Bonchev–Trinajstić information content (AvgIpc) is 2.30. The minimum atomic E-state index is -0.500. The monoisotopic (exact) mass is 220 g/mol. The van der Waals surface area contributed by atoms with E-state index in [4.69, 9.17) is 0 Å². The van der Waals surface area contributed by atoms with Crippen molar-refractivity contribution in [2.24, 2.45) is 0 Å². The number of fused-ring (bicyclic) bond motifs is 1. The summed E-state index contributed by atoms with van der Waals surface area (Å²) < 4.78 is 0. The minimum absolute atomic E-state index is 0.500. The molecule has 1 aromatic heterocycles. The number of hydrazine groups is 1. The highest BCUT2D eigenvalue weighted by Gasteiger charge is 1.91. The fraction of sp³-hybridized carbons (Fsp3) is 0.200. The minimum Gasteiger partial charge on any atom is -0.244 e. The number of benzene rings is 1. The molecule has 1 aromatic carbocycles. The van der Waals surface area contributed by atoms with Crippen LogP contribution in [0.25, 0.3) is 10.9 Å². The molecule has 0 aliphatic rings. The van der Waals surface area contributed by atoms with Crippen molar-refractivity contribution in [1.82, 2.24) is 15.0 Å². The first-order valence-electron chi connectivity index (χ1n) is 4.57. The van der Waals surface area contributed by atoms with Gasteiger partial charge in [0.25, 0.3) is 0 Å². The molecule has 0 atom stereocenters. The lowest BCUT2D eigenvalue weighted by Gasteiger charge is -1.94. The number of aromatic nitrogens is 2. The molecule has 6 heteroatoms. The highest BCUT2D eigenvalue weighted by molar-refractivity contribution is 5.76. The molecule has 0 aliphatic heterocycles. The summed E-state index contributed by atoms with van der Waals surface area (Å²) in [5, 5.41) is 10.9. The van der Waals surface area contributed by atoms with E-state index in [0.717, 1.165) is 15.9 Å². The second kappa shape index (κ2) is 5.59. The normalized spacial score (nSPS) is 9.12. The van der Waals surface area contributed by atoms with E-state index in [9.17, 15) is 10.1 Å². The van der Waals surface area contributed by atoms with Gasteiger partial charge in [-0.1, -0.05) is 18.2 Å². The molecule has 2 rings (SSSR count). The first kappa shape index (κ1) is 11.8. The number of hydrogen-bond donors (Lipinski definition) is 0. The third-order valence-electron chi connectivity index (χ3n) is 1.74. The van der Waals surface area contributed by atoms with Crippen molar-refractivity contribution in [3.63, 3.8) is 0 Å². The van der Waals surface area contributed by atoms with Gasteiger partial charge in [-0.25, -0.2) is 20.1 Å². The van der Waals surface area contributed by atoms with Gasteiger partial charge in [0.05, 0.1) is 19.6 Å². The summed E-state index contributed by atoms with van der Waals surface area (Å²) in [4.78, 5) is 17.4. The predicted octanol–water partition coefficient (Wildman–Crippen LogP) is 1.37. The summed E-state index contributed by atoms with van der Waals surface area (Å²) in [6, 6.07) is 7.91. The van der Waals surface area contributed by atoms with Crippen molar-refractivity contribution in [2.75, 3.05) is 14.1 Å². The van der Waals surface area contributed by atoms with E-state index < -0.39 is 5.03 Å². The topological polar surface area (TPSA) is 72.2 Å². The quantitative estimate of drug-likeness (QED) is 0.536. The van der Waals surface area contributed by atoms with E-state index >= 15 is 0 Å². The molecule has 0 radical (unpaired) electrons.